The zero-order valence-electron chi connectivity index (χ0n) is 12.8. The number of carbonyl (C=O) groups excluding carboxylic acids is 1. The van der Waals surface area contributed by atoms with Gasteiger partial charge in [0, 0.05) is 19.1 Å². The van der Waals surface area contributed by atoms with Gasteiger partial charge in [0.2, 0.25) is 0 Å². The van der Waals surface area contributed by atoms with Gasteiger partial charge in [-0.3, -0.25) is 4.79 Å². The average molecular weight is 272 g/mol. The predicted molar refractivity (Wildman–Crippen MR) is 76.2 cm³/mol. The van der Waals surface area contributed by atoms with Crippen LogP contribution in [0.15, 0.2) is 0 Å². The topological polar surface area (TPSA) is 69.6 Å². The summed E-state index contributed by atoms with van der Waals surface area (Å²) in [6.45, 7) is 10.5. The maximum Gasteiger partial charge on any atom is 0.317 e. The minimum Gasteiger partial charge on any atom is -0.481 e. The second kappa shape index (κ2) is 8.02. The van der Waals surface area contributed by atoms with Crippen LogP contribution in [-0.2, 0) is 4.79 Å². The number of nitrogens with zero attached hydrogens (tertiary/aromatic N) is 1. The van der Waals surface area contributed by atoms with Gasteiger partial charge in [-0.2, -0.15) is 0 Å². The molecule has 2 N–H and O–H groups in total. The molecule has 0 saturated carbocycles. The van der Waals surface area contributed by atoms with Crippen molar-refractivity contribution in [1.29, 1.82) is 0 Å². The predicted octanol–water partition coefficient (Wildman–Crippen LogP) is 2.71. The van der Waals surface area contributed by atoms with Crippen LogP contribution >= 0.6 is 0 Å². The lowest BCUT2D eigenvalue weighted by Gasteiger charge is -2.31. The number of nitrogens with one attached hydrogen (secondary N) is 1. The van der Waals surface area contributed by atoms with Crippen molar-refractivity contribution in [3.63, 3.8) is 0 Å². The molecule has 0 aromatic carbocycles. The minimum atomic E-state index is -0.857. The zero-order valence-corrected chi connectivity index (χ0v) is 12.8. The Morgan fingerprint density at radius 2 is 1.74 bits per heavy atom. The molecule has 0 fully saturated rings. The molecule has 0 spiro atoms. The van der Waals surface area contributed by atoms with Crippen LogP contribution in [-0.4, -0.2) is 41.1 Å². The molecule has 112 valence electrons. The third-order valence-corrected chi connectivity index (χ3v) is 3.73. The van der Waals surface area contributed by atoms with Crippen molar-refractivity contribution in [2.24, 2.45) is 5.41 Å². The van der Waals surface area contributed by atoms with Gasteiger partial charge in [-0.15, -0.1) is 0 Å². The largest absolute Gasteiger partial charge is 0.481 e. The van der Waals surface area contributed by atoms with Crippen LogP contribution < -0.4 is 5.32 Å². The Hall–Kier alpha value is -1.26. The van der Waals surface area contributed by atoms with Crippen molar-refractivity contribution in [3.05, 3.63) is 0 Å². The molecular weight excluding hydrogens is 244 g/mol. The Bertz CT molecular complexity index is 299. The molecule has 2 amide bonds. The number of carboxylic acids is 1. The molecule has 0 atom stereocenters. The fourth-order valence-corrected chi connectivity index (χ4v) is 2.06. The van der Waals surface area contributed by atoms with Gasteiger partial charge in [-0.1, -0.05) is 20.8 Å². The van der Waals surface area contributed by atoms with Gasteiger partial charge in [0.1, 0.15) is 0 Å². The van der Waals surface area contributed by atoms with Crippen molar-refractivity contribution in [2.45, 2.75) is 59.9 Å². The summed E-state index contributed by atoms with van der Waals surface area (Å²) in [6, 6.07) is -0.0631. The molecule has 5 heteroatoms. The van der Waals surface area contributed by atoms with E-state index in [0.717, 1.165) is 6.42 Å². The van der Waals surface area contributed by atoms with Crippen LogP contribution in [0.2, 0.25) is 0 Å². The smallest absolute Gasteiger partial charge is 0.317 e. The fraction of sp³-hybridized carbons (Fsp3) is 0.857. The highest BCUT2D eigenvalue weighted by Gasteiger charge is 2.35. The van der Waals surface area contributed by atoms with Gasteiger partial charge in [-0.05, 0) is 33.1 Å². The lowest BCUT2D eigenvalue weighted by molar-refractivity contribution is -0.149. The number of hydrogen-bond acceptors (Lipinski definition) is 2. The Morgan fingerprint density at radius 3 is 2.05 bits per heavy atom. The van der Waals surface area contributed by atoms with Crippen LogP contribution in [0.3, 0.4) is 0 Å². The molecular formula is C14H28N2O3. The van der Waals surface area contributed by atoms with Crippen LogP contribution in [0.1, 0.15) is 53.9 Å². The van der Waals surface area contributed by atoms with E-state index < -0.39 is 11.4 Å². The molecule has 19 heavy (non-hydrogen) atoms. The number of carbonyl (C=O) groups is 2. The monoisotopic (exact) mass is 272 g/mol. The summed E-state index contributed by atoms with van der Waals surface area (Å²) in [5.74, 6) is -0.843. The van der Waals surface area contributed by atoms with E-state index in [-0.39, 0.29) is 18.6 Å². The molecule has 0 radical (unpaired) electrons. The first kappa shape index (κ1) is 17.7. The van der Waals surface area contributed by atoms with E-state index in [1.54, 1.807) is 4.90 Å². The lowest BCUT2D eigenvalue weighted by Crippen LogP contribution is -2.49. The van der Waals surface area contributed by atoms with Crippen LogP contribution in [0.5, 0.6) is 0 Å². The number of aliphatic carboxylic acids is 1. The van der Waals surface area contributed by atoms with Gasteiger partial charge in [0.15, 0.2) is 0 Å². The summed E-state index contributed by atoms with van der Waals surface area (Å²) in [4.78, 5) is 25.2. The third kappa shape index (κ3) is 4.73. The number of rotatable bonds is 8. The Morgan fingerprint density at radius 1 is 1.21 bits per heavy atom. The summed E-state index contributed by atoms with van der Waals surface area (Å²) in [7, 11) is 0. The van der Waals surface area contributed by atoms with Crippen LogP contribution in [0, 0.1) is 5.41 Å². The summed E-state index contributed by atoms with van der Waals surface area (Å²) in [5.41, 5.74) is -0.857. The summed E-state index contributed by atoms with van der Waals surface area (Å²) < 4.78 is 0. The highest BCUT2D eigenvalue weighted by atomic mass is 16.4. The van der Waals surface area contributed by atoms with E-state index in [0.29, 0.717) is 19.4 Å². The highest BCUT2D eigenvalue weighted by Crippen LogP contribution is 2.25. The van der Waals surface area contributed by atoms with Gasteiger partial charge in [-0.25, -0.2) is 4.79 Å². The first-order chi connectivity index (χ1) is 8.84. The molecule has 0 aliphatic rings. The standard InChI is InChI=1S/C14H28N2O3/c1-6-9-16(11(4)5)13(19)15-10-14(7-2,8-3)12(17)18/h11H,6-10H2,1-5H3,(H,15,19)(H,17,18). The average Bonchev–Trinajstić information content (AvgIpc) is 2.36. The molecule has 0 aromatic rings. The molecule has 5 nitrogen and oxygen atoms in total. The highest BCUT2D eigenvalue weighted by molar-refractivity contribution is 5.78. The zero-order chi connectivity index (χ0) is 15.1. The van der Waals surface area contributed by atoms with Crippen molar-refractivity contribution < 1.29 is 14.7 Å². The maximum absolute atomic E-state index is 12.1. The molecule has 0 aliphatic heterocycles. The minimum absolute atomic E-state index is 0.113. The number of urea groups is 1. The molecule has 0 saturated heterocycles. The molecule has 0 aliphatic carbocycles. The van der Waals surface area contributed by atoms with E-state index in [4.69, 9.17) is 0 Å². The quantitative estimate of drug-likeness (QED) is 0.713. The Balaban J connectivity index is 4.67. The summed E-state index contributed by atoms with van der Waals surface area (Å²) in [6.07, 6.45) is 1.90. The van der Waals surface area contributed by atoms with Gasteiger partial charge < -0.3 is 15.3 Å². The molecule has 0 bridgehead atoms. The van der Waals surface area contributed by atoms with E-state index >= 15 is 0 Å². The first-order valence-electron chi connectivity index (χ1n) is 7.12. The van der Waals surface area contributed by atoms with Gasteiger partial charge in [0.25, 0.3) is 0 Å². The first-order valence-corrected chi connectivity index (χ1v) is 7.12. The summed E-state index contributed by atoms with van der Waals surface area (Å²) in [5, 5.41) is 12.1. The van der Waals surface area contributed by atoms with Crippen molar-refractivity contribution in [1.82, 2.24) is 10.2 Å². The SMILES string of the molecule is CCCN(C(=O)NCC(CC)(CC)C(=O)O)C(C)C. The lowest BCUT2D eigenvalue weighted by atomic mass is 9.82. The maximum atomic E-state index is 12.1. The molecule has 0 aromatic heterocycles. The Labute approximate surface area is 116 Å². The Kier molecular flexibility index (Phi) is 7.49. The third-order valence-electron chi connectivity index (χ3n) is 3.73. The van der Waals surface area contributed by atoms with Crippen LogP contribution in [0.4, 0.5) is 4.79 Å². The molecule has 0 heterocycles. The molecule has 0 unspecified atom stereocenters. The second-order valence-electron chi connectivity index (χ2n) is 5.24. The van der Waals surface area contributed by atoms with Crippen molar-refractivity contribution in [2.75, 3.05) is 13.1 Å². The van der Waals surface area contributed by atoms with Crippen LogP contribution in [0.25, 0.3) is 0 Å². The number of carboxylic acid groups (broad SMARTS) is 1. The van der Waals surface area contributed by atoms with Gasteiger partial charge in [0.05, 0.1) is 5.41 Å². The van der Waals surface area contributed by atoms with E-state index in [1.807, 2.05) is 34.6 Å². The van der Waals surface area contributed by atoms with Crippen molar-refractivity contribution in [3.8, 4) is 0 Å². The molecule has 0 rings (SSSR count). The number of hydrogen-bond donors (Lipinski definition) is 2. The van der Waals surface area contributed by atoms with E-state index in [1.165, 1.54) is 0 Å². The van der Waals surface area contributed by atoms with E-state index in [2.05, 4.69) is 5.32 Å². The fourth-order valence-electron chi connectivity index (χ4n) is 2.06. The number of amides is 2. The second-order valence-corrected chi connectivity index (χ2v) is 5.24. The van der Waals surface area contributed by atoms with E-state index in [9.17, 15) is 14.7 Å². The summed E-state index contributed by atoms with van der Waals surface area (Å²) >= 11 is 0. The van der Waals surface area contributed by atoms with Crippen molar-refractivity contribution >= 4 is 12.0 Å². The normalized spacial score (nSPS) is 11.5. The van der Waals surface area contributed by atoms with Gasteiger partial charge >= 0.3 is 12.0 Å².